The standard InChI is InChI=1S/C20H23BrN2OS/c21-18-7-3-17(4-8-18)14-25-15-20(24)22-13-16-5-9-19(10-6-16)23-11-1-2-12-23/h3-10H,1-2,11-15H2,(H,22,24). The zero-order valence-electron chi connectivity index (χ0n) is 14.2. The number of nitrogens with one attached hydrogen (secondary N) is 1. The van der Waals surface area contributed by atoms with Crippen molar-refractivity contribution < 1.29 is 4.79 Å². The normalized spacial score (nSPS) is 13.9. The molecular weight excluding hydrogens is 396 g/mol. The van der Waals surface area contributed by atoms with Crippen LogP contribution in [0.5, 0.6) is 0 Å². The highest BCUT2D eigenvalue weighted by molar-refractivity contribution is 9.10. The SMILES string of the molecule is O=C(CSCc1ccc(Br)cc1)NCc1ccc(N2CCCC2)cc1. The van der Waals surface area contributed by atoms with Crippen LogP contribution in [0.25, 0.3) is 0 Å². The predicted molar refractivity (Wildman–Crippen MR) is 110 cm³/mol. The molecule has 132 valence electrons. The Labute approximate surface area is 162 Å². The Balaban J connectivity index is 1.37. The van der Waals surface area contributed by atoms with E-state index in [0.29, 0.717) is 12.3 Å². The number of nitrogens with zero attached hydrogens (tertiary/aromatic N) is 1. The lowest BCUT2D eigenvalue weighted by atomic mass is 10.2. The summed E-state index contributed by atoms with van der Waals surface area (Å²) in [5.74, 6) is 1.43. The molecule has 2 aromatic rings. The summed E-state index contributed by atoms with van der Waals surface area (Å²) >= 11 is 5.07. The summed E-state index contributed by atoms with van der Waals surface area (Å²) in [5, 5.41) is 3.00. The molecule has 1 aliphatic heterocycles. The highest BCUT2D eigenvalue weighted by Crippen LogP contribution is 2.20. The molecule has 25 heavy (non-hydrogen) atoms. The molecule has 1 aliphatic rings. The van der Waals surface area contributed by atoms with Crippen LogP contribution in [0.2, 0.25) is 0 Å². The molecule has 0 spiro atoms. The summed E-state index contributed by atoms with van der Waals surface area (Å²) in [6.07, 6.45) is 2.57. The Morgan fingerprint density at radius 2 is 1.64 bits per heavy atom. The van der Waals surface area contributed by atoms with Crippen LogP contribution in [0.1, 0.15) is 24.0 Å². The smallest absolute Gasteiger partial charge is 0.230 e. The average Bonchev–Trinajstić information content (AvgIpc) is 3.17. The summed E-state index contributed by atoms with van der Waals surface area (Å²) in [6.45, 7) is 2.91. The molecule has 0 aromatic heterocycles. The third-order valence-electron chi connectivity index (χ3n) is 4.31. The largest absolute Gasteiger partial charge is 0.372 e. The Bertz CT molecular complexity index is 682. The zero-order valence-corrected chi connectivity index (χ0v) is 16.6. The van der Waals surface area contributed by atoms with Gasteiger partial charge in [-0.25, -0.2) is 0 Å². The van der Waals surface area contributed by atoms with Gasteiger partial charge in [0.2, 0.25) is 5.91 Å². The minimum Gasteiger partial charge on any atom is -0.372 e. The number of carbonyl (C=O) groups is 1. The van der Waals surface area contributed by atoms with Crippen molar-refractivity contribution in [2.24, 2.45) is 0 Å². The first-order valence-corrected chi connectivity index (χ1v) is 10.6. The molecule has 3 nitrogen and oxygen atoms in total. The second kappa shape index (κ2) is 9.30. The van der Waals surface area contributed by atoms with Crippen LogP contribution in [0, 0.1) is 0 Å². The number of carbonyl (C=O) groups excluding carboxylic acids is 1. The fourth-order valence-corrected chi connectivity index (χ4v) is 3.98. The predicted octanol–water partition coefficient (Wildman–Crippen LogP) is 4.60. The molecule has 0 radical (unpaired) electrons. The van der Waals surface area contributed by atoms with Gasteiger partial charge in [0.05, 0.1) is 5.75 Å². The number of benzene rings is 2. The van der Waals surface area contributed by atoms with E-state index in [9.17, 15) is 4.79 Å². The van der Waals surface area contributed by atoms with E-state index in [4.69, 9.17) is 0 Å². The summed E-state index contributed by atoms with van der Waals surface area (Å²) in [6, 6.07) is 16.8. The molecule has 1 fully saturated rings. The molecule has 2 aromatic carbocycles. The van der Waals surface area contributed by atoms with Crippen LogP contribution in [-0.4, -0.2) is 24.7 Å². The maximum atomic E-state index is 12.0. The van der Waals surface area contributed by atoms with Gasteiger partial charge in [-0.2, -0.15) is 0 Å². The average molecular weight is 419 g/mol. The molecule has 0 unspecified atom stereocenters. The third-order valence-corrected chi connectivity index (χ3v) is 5.84. The quantitative estimate of drug-likeness (QED) is 0.712. The highest BCUT2D eigenvalue weighted by Gasteiger charge is 2.11. The number of thioether (sulfide) groups is 1. The number of hydrogen-bond donors (Lipinski definition) is 1. The van der Waals surface area contributed by atoms with E-state index in [-0.39, 0.29) is 5.91 Å². The summed E-state index contributed by atoms with van der Waals surface area (Å²) in [7, 11) is 0. The molecule has 0 aliphatic carbocycles. The zero-order chi connectivity index (χ0) is 17.5. The molecule has 0 atom stereocenters. The van der Waals surface area contributed by atoms with Gasteiger partial charge >= 0.3 is 0 Å². The second-order valence-electron chi connectivity index (χ2n) is 6.26. The fourth-order valence-electron chi connectivity index (χ4n) is 2.89. The van der Waals surface area contributed by atoms with E-state index in [1.807, 2.05) is 12.1 Å². The number of amides is 1. The van der Waals surface area contributed by atoms with Crippen LogP contribution in [0.4, 0.5) is 5.69 Å². The minimum atomic E-state index is 0.0886. The van der Waals surface area contributed by atoms with E-state index >= 15 is 0 Å². The molecule has 1 amide bonds. The van der Waals surface area contributed by atoms with Crippen LogP contribution >= 0.6 is 27.7 Å². The maximum absolute atomic E-state index is 12.0. The van der Waals surface area contributed by atoms with Crippen molar-refractivity contribution >= 4 is 39.3 Å². The van der Waals surface area contributed by atoms with E-state index in [0.717, 1.165) is 28.9 Å². The van der Waals surface area contributed by atoms with Gasteiger partial charge in [0.15, 0.2) is 0 Å². The summed E-state index contributed by atoms with van der Waals surface area (Å²) in [5.41, 5.74) is 3.67. The first kappa shape index (κ1) is 18.3. The molecule has 3 rings (SSSR count). The van der Waals surface area contributed by atoms with Crippen LogP contribution in [-0.2, 0) is 17.1 Å². The van der Waals surface area contributed by atoms with Crippen molar-refractivity contribution in [3.8, 4) is 0 Å². The van der Waals surface area contributed by atoms with Gasteiger partial charge in [-0.15, -0.1) is 11.8 Å². The van der Waals surface area contributed by atoms with Gasteiger partial charge in [-0.1, -0.05) is 40.2 Å². The Kier molecular flexibility index (Phi) is 6.82. The lowest BCUT2D eigenvalue weighted by Gasteiger charge is -2.17. The number of hydrogen-bond acceptors (Lipinski definition) is 3. The lowest BCUT2D eigenvalue weighted by molar-refractivity contribution is -0.118. The molecular formula is C20H23BrN2OS. The summed E-state index contributed by atoms with van der Waals surface area (Å²) < 4.78 is 1.08. The van der Waals surface area contributed by atoms with Gasteiger partial charge in [0.1, 0.15) is 0 Å². The monoisotopic (exact) mass is 418 g/mol. The first-order valence-electron chi connectivity index (χ1n) is 8.63. The van der Waals surface area contributed by atoms with Crippen molar-refractivity contribution in [3.63, 3.8) is 0 Å². The van der Waals surface area contributed by atoms with Crippen molar-refractivity contribution in [2.75, 3.05) is 23.7 Å². The minimum absolute atomic E-state index is 0.0886. The lowest BCUT2D eigenvalue weighted by Crippen LogP contribution is -2.24. The fraction of sp³-hybridized carbons (Fsp3) is 0.350. The van der Waals surface area contributed by atoms with Gasteiger partial charge < -0.3 is 10.2 Å². The van der Waals surface area contributed by atoms with Crippen molar-refractivity contribution in [2.45, 2.75) is 25.1 Å². The highest BCUT2D eigenvalue weighted by atomic mass is 79.9. The topological polar surface area (TPSA) is 32.3 Å². The van der Waals surface area contributed by atoms with Gasteiger partial charge in [-0.05, 0) is 48.2 Å². The summed E-state index contributed by atoms with van der Waals surface area (Å²) in [4.78, 5) is 14.4. The Hall–Kier alpha value is -1.46. The molecule has 0 bridgehead atoms. The van der Waals surface area contributed by atoms with E-state index in [1.165, 1.54) is 24.1 Å². The van der Waals surface area contributed by atoms with Crippen molar-refractivity contribution in [1.29, 1.82) is 0 Å². The van der Waals surface area contributed by atoms with E-state index in [2.05, 4.69) is 62.5 Å². The van der Waals surface area contributed by atoms with E-state index in [1.54, 1.807) is 11.8 Å². The van der Waals surface area contributed by atoms with Crippen LogP contribution in [0.3, 0.4) is 0 Å². The van der Waals surface area contributed by atoms with Gasteiger partial charge in [0, 0.05) is 35.5 Å². The number of rotatable bonds is 7. The Morgan fingerprint density at radius 1 is 1.00 bits per heavy atom. The van der Waals surface area contributed by atoms with Gasteiger partial charge in [0.25, 0.3) is 0 Å². The molecule has 0 saturated carbocycles. The van der Waals surface area contributed by atoms with Gasteiger partial charge in [-0.3, -0.25) is 4.79 Å². The van der Waals surface area contributed by atoms with Crippen molar-refractivity contribution in [3.05, 3.63) is 64.1 Å². The van der Waals surface area contributed by atoms with E-state index < -0.39 is 0 Å². The third kappa shape index (κ3) is 5.79. The molecule has 1 saturated heterocycles. The molecule has 1 heterocycles. The maximum Gasteiger partial charge on any atom is 0.230 e. The van der Waals surface area contributed by atoms with Crippen LogP contribution < -0.4 is 10.2 Å². The number of anilines is 1. The molecule has 1 N–H and O–H groups in total. The first-order chi connectivity index (χ1) is 12.2. The van der Waals surface area contributed by atoms with Crippen LogP contribution in [0.15, 0.2) is 53.0 Å². The Morgan fingerprint density at radius 3 is 2.32 bits per heavy atom. The molecule has 5 heteroatoms. The number of halogens is 1. The van der Waals surface area contributed by atoms with Crippen molar-refractivity contribution in [1.82, 2.24) is 5.32 Å². The second-order valence-corrected chi connectivity index (χ2v) is 8.16.